The summed E-state index contributed by atoms with van der Waals surface area (Å²) in [4.78, 5) is 60.7. The predicted molar refractivity (Wildman–Crippen MR) is 241 cm³/mol. The standard InChI is InChI=1S/C48H72N2O13/c1-12-37(9)27-48(11,33-57-30-42(32-61-45(53)36(7)8)63-47(55)50-24-18-26-59-44(52)35(5)6)22-21-39(13-2)38(10)28-56-29-41(31-60-40-19-15-14-16-20-40)62-46(54)49-23-17-25-58-43(51)34(3)4/h12,14-16,19-20,37,41-42H,1,3,5,7,13,17-18,21-33H2,2,4,6,8-11H3,(H,49,54)(H,50,55)/b39-38+. The zero-order valence-electron chi connectivity index (χ0n) is 38.6. The Bertz CT molecular complexity index is 1670. The minimum absolute atomic E-state index is 0.0331. The van der Waals surface area contributed by atoms with E-state index in [1.165, 1.54) is 12.5 Å². The fraction of sp³-hybridized carbons (Fsp3) is 0.562. The van der Waals surface area contributed by atoms with Crippen LogP contribution in [-0.4, -0.2) is 108 Å². The lowest BCUT2D eigenvalue weighted by molar-refractivity contribution is -0.143. The highest BCUT2D eigenvalue weighted by Crippen LogP contribution is 2.35. The lowest BCUT2D eigenvalue weighted by Gasteiger charge is -2.33. The van der Waals surface area contributed by atoms with Gasteiger partial charge in [0.2, 0.25) is 0 Å². The molecule has 0 saturated carbocycles. The van der Waals surface area contributed by atoms with Gasteiger partial charge in [-0.05, 0) is 95.3 Å². The van der Waals surface area contributed by atoms with Crippen molar-refractivity contribution in [3.05, 3.63) is 90.6 Å². The third-order valence-corrected chi connectivity index (χ3v) is 9.47. The van der Waals surface area contributed by atoms with Gasteiger partial charge >= 0.3 is 30.1 Å². The summed E-state index contributed by atoms with van der Waals surface area (Å²) in [5, 5.41) is 5.29. The smallest absolute Gasteiger partial charge is 0.407 e. The average molecular weight is 885 g/mol. The molecule has 0 bridgehead atoms. The van der Waals surface area contributed by atoms with Gasteiger partial charge in [0.15, 0.2) is 12.2 Å². The Balaban J connectivity index is 2.92. The van der Waals surface area contributed by atoms with Gasteiger partial charge in [-0.1, -0.05) is 70.4 Å². The Hall–Kier alpha value is -5.41. The largest absolute Gasteiger partial charge is 0.490 e. The van der Waals surface area contributed by atoms with E-state index in [0.717, 1.165) is 31.3 Å². The predicted octanol–water partition coefficient (Wildman–Crippen LogP) is 8.15. The molecule has 4 atom stereocenters. The second kappa shape index (κ2) is 31.4. The summed E-state index contributed by atoms with van der Waals surface area (Å²) in [7, 11) is 0. The van der Waals surface area contributed by atoms with Crippen LogP contribution >= 0.6 is 0 Å². The van der Waals surface area contributed by atoms with E-state index in [0.29, 0.717) is 37.4 Å². The molecule has 0 aliphatic carbocycles. The van der Waals surface area contributed by atoms with Crippen LogP contribution in [-0.2, 0) is 47.5 Å². The van der Waals surface area contributed by atoms with Crippen LogP contribution in [0.25, 0.3) is 0 Å². The molecule has 1 aromatic rings. The van der Waals surface area contributed by atoms with Gasteiger partial charge in [-0.15, -0.1) is 6.58 Å². The van der Waals surface area contributed by atoms with Crippen molar-refractivity contribution in [3.8, 4) is 5.75 Å². The third kappa shape index (κ3) is 26.0. The fourth-order valence-electron chi connectivity index (χ4n) is 5.84. The lowest BCUT2D eigenvalue weighted by atomic mass is 9.77. The van der Waals surface area contributed by atoms with Crippen LogP contribution in [0, 0.1) is 11.3 Å². The number of para-hydroxylation sites is 1. The molecular formula is C48H72N2O13. The van der Waals surface area contributed by atoms with E-state index in [-0.39, 0.29) is 75.2 Å². The van der Waals surface area contributed by atoms with Crippen molar-refractivity contribution in [1.82, 2.24) is 10.6 Å². The number of ether oxygens (including phenoxy) is 8. The summed E-state index contributed by atoms with van der Waals surface area (Å²) in [5.74, 6) is -0.799. The first-order valence-electron chi connectivity index (χ1n) is 21.4. The molecule has 2 N–H and O–H groups in total. The van der Waals surface area contributed by atoms with Gasteiger partial charge in [0.25, 0.3) is 0 Å². The number of carbonyl (C=O) groups is 5. The Morgan fingerprint density at radius 2 is 1.24 bits per heavy atom. The molecule has 0 spiro atoms. The van der Waals surface area contributed by atoms with Crippen molar-refractivity contribution >= 4 is 30.1 Å². The van der Waals surface area contributed by atoms with Crippen molar-refractivity contribution < 1.29 is 61.9 Å². The van der Waals surface area contributed by atoms with Crippen molar-refractivity contribution in [1.29, 1.82) is 0 Å². The SMILES string of the molecule is C=CC(C)CC(C)(CC/C(CC)=C(\C)COCC(COc1ccccc1)OC(=O)NCCCOC(=O)C(=C)C)COCC(COC(=O)C(=C)C)OC(=O)NCCCOC(=O)C(=C)C. The van der Waals surface area contributed by atoms with E-state index in [9.17, 15) is 24.0 Å². The highest BCUT2D eigenvalue weighted by Gasteiger charge is 2.28. The number of nitrogens with one attached hydrogen (secondary N) is 2. The van der Waals surface area contributed by atoms with Crippen LogP contribution in [0.3, 0.4) is 0 Å². The quantitative estimate of drug-likeness (QED) is 0.0227. The molecule has 15 heteroatoms. The molecule has 1 aromatic carbocycles. The minimum atomic E-state index is -0.906. The number of carbonyl (C=O) groups excluding carboxylic acids is 5. The first-order valence-corrected chi connectivity index (χ1v) is 21.4. The molecule has 1 rings (SSSR count). The Labute approximate surface area is 374 Å². The summed E-state index contributed by atoms with van der Waals surface area (Å²) in [6, 6.07) is 9.19. The Morgan fingerprint density at radius 1 is 0.730 bits per heavy atom. The van der Waals surface area contributed by atoms with E-state index >= 15 is 0 Å². The van der Waals surface area contributed by atoms with Gasteiger partial charge in [0.05, 0.1) is 39.6 Å². The molecule has 352 valence electrons. The molecule has 0 aliphatic heterocycles. The first-order chi connectivity index (χ1) is 29.9. The molecule has 4 unspecified atom stereocenters. The van der Waals surface area contributed by atoms with Crippen LogP contribution in [0.1, 0.15) is 87.0 Å². The molecular weight excluding hydrogens is 813 g/mol. The van der Waals surface area contributed by atoms with Crippen molar-refractivity contribution in [2.75, 3.05) is 65.9 Å². The monoisotopic (exact) mass is 885 g/mol. The maximum absolute atomic E-state index is 12.7. The minimum Gasteiger partial charge on any atom is -0.490 e. The number of hydrogen-bond acceptors (Lipinski definition) is 13. The van der Waals surface area contributed by atoms with Crippen molar-refractivity contribution in [2.24, 2.45) is 11.3 Å². The maximum atomic E-state index is 12.7. The average Bonchev–Trinajstić information content (AvgIpc) is 3.24. The third-order valence-electron chi connectivity index (χ3n) is 9.47. The van der Waals surface area contributed by atoms with E-state index < -0.39 is 42.3 Å². The summed E-state index contributed by atoms with van der Waals surface area (Å²) in [6.07, 6.45) is 2.75. The molecule has 0 saturated heterocycles. The van der Waals surface area contributed by atoms with Crippen molar-refractivity contribution in [3.63, 3.8) is 0 Å². The molecule has 0 aliphatic rings. The Morgan fingerprint density at radius 3 is 1.75 bits per heavy atom. The molecule has 63 heavy (non-hydrogen) atoms. The Kier molecular flexibility index (Phi) is 27.7. The van der Waals surface area contributed by atoms with Crippen molar-refractivity contribution in [2.45, 2.75) is 99.2 Å². The van der Waals surface area contributed by atoms with Gasteiger partial charge in [-0.2, -0.15) is 0 Å². The zero-order chi connectivity index (χ0) is 47.2. The summed E-state index contributed by atoms with van der Waals surface area (Å²) >= 11 is 0. The maximum Gasteiger partial charge on any atom is 0.407 e. The summed E-state index contributed by atoms with van der Waals surface area (Å²) in [5.41, 5.74) is 2.75. The number of hydrogen-bond donors (Lipinski definition) is 2. The lowest BCUT2D eigenvalue weighted by Crippen LogP contribution is -2.36. The highest BCUT2D eigenvalue weighted by atomic mass is 16.6. The van der Waals surface area contributed by atoms with Gasteiger partial charge in [-0.3, -0.25) is 0 Å². The van der Waals surface area contributed by atoms with Gasteiger partial charge in [0.1, 0.15) is 19.0 Å². The number of rotatable bonds is 33. The van der Waals surface area contributed by atoms with E-state index in [1.807, 2.05) is 43.3 Å². The number of alkyl carbamates (subject to hydrolysis) is 2. The topological polar surface area (TPSA) is 183 Å². The molecule has 0 radical (unpaired) electrons. The van der Waals surface area contributed by atoms with Crippen LogP contribution in [0.15, 0.2) is 90.6 Å². The van der Waals surface area contributed by atoms with Crippen LogP contribution in [0.5, 0.6) is 5.75 Å². The number of benzene rings is 1. The highest BCUT2D eigenvalue weighted by molar-refractivity contribution is 5.87. The molecule has 0 heterocycles. The van der Waals surface area contributed by atoms with Crippen LogP contribution in [0.2, 0.25) is 0 Å². The van der Waals surface area contributed by atoms with Crippen LogP contribution < -0.4 is 15.4 Å². The fourth-order valence-corrected chi connectivity index (χ4v) is 5.84. The number of allylic oxidation sites excluding steroid dienone is 2. The van der Waals surface area contributed by atoms with E-state index in [1.54, 1.807) is 13.8 Å². The number of esters is 3. The molecule has 0 aromatic heterocycles. The number of amides is 2. The first kappa shape index (κ1) is 55.6. The second-order valence-electron chi connectivity index (χ2n) is 15.9. The summed E-state index contributed by atoms with van der Waals surface area (Å²) in [6.45, 7) is 28.8. The molecule has 15 nitrogen and oxygen atoms in total. The van der Waals surface area contributed by atoms with Crippen LogP contribution in [0.4, 0.5) is 9.59 Å². The van der Waals surface area contributed by atoms with E-state index in [4.69, 9.17) is 37.9 Å². The zero-order valence-corrected chi connectivity index (χ0v) is 38.6. The van der Waals surface area contributed by atoms with Gasteiger partial charge in [0, 0.05) is 29.8 Å². The molecule has 2 amide bonds. The van der Waals surface area contributed by atoms with E-state index in [2.05, 4.69) is 57.7 Å². The summed E-state index contributed by atoms with van der Waals surface area (Å²) < 4.78 is 44.9. The molecule has 0 fully saturated rings. The van der Waals surface area contributed by atoms with Gasteiger partial charge in [-0.25, -0.2) is 24.0 Å². The van der Waals surface area contributed by atoms with Gasteiger partial charge < -0.3 is 48.5 Å². The second-order valence-corrected chi connectivity index (χ2v) is 15.9. The normalized spacial score (nSPS) is 13.6.